The molecule has 1 aliphatic heterocycles. The lowest BCUT2D eigenvalue weighted by Crippen LogP contribution is -2.40. The summed E-state index contributed by atoms with van der Waals surface area (Å²) in [6, 6.07) is 10.6. The van der Waals surface area contributed by atoms with Crippen molar-refractivity contribution in [3.8, 4) is 0 Å². The number of anilines is 1. The predicted molar refractivity (Wildman–Crippen MR) is 128 cm³/mol. The fraction of sp³-hybridized carbons (Fsp3) is 0.208. The summed E-state index contributed by atoms with van der Waals surface area (Å²) in [5, 5.41) is 3.25. The monoisotopic (exact) mass is 521 g/mol. The Bertz CT molecular complexity index is 1490. The number of carbonyl (C=O) groups is 1. The van der Waals surface area contributed by atoms with Crippen LogP contribution < -0.4 is 20.2 Å². The normalized spacial score (nSPS) is 16.1. The van der Waals surface area contributed by atoms with Crippen LogP contribution in [0.4, 0.5) is 18.9 Å². The molecule has 0 radical (unpaired) electrons. The number of ether oxygens (including phenoxy) is 1. The number of esters is 1. The molecule has 0 saturated heterocycles. The van der Waals surface area contributed by atoms with Crippen LogP contribution in [0.15, 0.2) is 69.6 Å². The van der Waals surface area contributed by atoms with Crippen LogP contribution >= 0.6 is 22.9 Å². The molecule has 0 saturated carbocycles. The Balaban J connectivity index is 1.82. The minimum absolute atomic E-state index is 0.147. The predicted octanol–water partition coefficient (Wildman–Crippen LogP) is 4.49. The second-order valence-electron chi connectivity index (χ2n) is 7.58. The Labute approximate surface area is 206 Å². The van der Waals surface area contributed by atoms with Crippen LogP contribution in [0.5, 0.6) is 0 Å². The van der Waals surface area contributed by atoms with Gasteiger partial charge in [0.15, 0.2) is 4.80 Å². The van der Waals surface area contributed by atoms with Gasteiger partial charge in [-0.15, -0.1) is 0 Å². The minimum atomic E-state index is -4.49. The molecule has 0 amide bonds. The van der Waals surface area contributed by atoms with E-state index in [-0.39, 0.29) is 22.4 Å². The lowest BCUT2D eigenvalue weighted by molar-refractivity contribution is -0.139. The fourth-order valence-electron chi connectivity index (χ4n) is 3.69. The summed E-state index contributed by atoms with van der Waals surface area (Å²) in [7, 11) is 0. The summed E-state index contributed by atoms with van der Waals surface area (Å²) >= 11 is 7.08. The van der Waals surface area contributed by atoms with Gasteiger partial charge in [0.1, 0.15) is 4.53 Å². The Kier molecular flexibility index (Phi) is 6.86. The van der Waals surface area contributed by atoms with Crippen molar-refractivity contribution < 1.29 is 22.7 Å². The Morgan fingerprint density at radius 2 is 1.97 bits per heavy atom. The van der Waals surface area contributed by atoms with Gasteiger partial charge in [0, 0.05) is 16.9 Å². The van der Waals surface area contributed by atoms with E-state index in [1.807, 2.05) is 0 Å². The first-order valence-corrected chi connectivity index (χ1v) is 11.7. The molecule has 35 heavy (non-hydrogen) atoms. The zero-order chi connectivity index (χ0) is 25.3. The lowest BCUT2D eigenvalue weighted by atomic mass is 9.96. The minimum Gasteiger partial charge on any atom is -0.463 e. The number of rotatable bonds is 5. The highest BCUT2D eigenvalue weighted by Crippen LogP contribution is 2.32. The molecule has 0 spiro atoms. The average Bonchev–Trinajstić information content (AvgIpc) is 3.12. The van der Waals surface area contributed by atoms with E-state index in [4.69, 9.17) is 16.3 Å². The maximum Gasteiger partial charge on any atom is 0.416 e. The molecule has 2 heterocycles. The summed E-state index contributed by atoms with van der Waals surface area (Å²) in [5.41, 5.74) is 0.159. The van der Waals surface area contributed by atoms with E-state index in [1.165, 1.54) is 22.9 Å². The smallest absolute Gasteiger partial charge is 0.416 e. The topological polar surface area (TPSA) is 72.7 Å². The molecule has 1 atom stereocenters. The molecule has 182 valence electrons. The number of hydrogen-bond acceptors (Lipinski definition) is 6. The molecule has 0 unspecified atom stereocenters. The van der Waals surface area contributed by atoms with Gasteiger partial charge >= 0.3 is 12.1 Å². The number of carbonyl (C=O) groups excluding carboxylic acids is 1. The van der Waals surface area contributed by atoms with Crippen LogP contribution in [0.1, 0.15) is 31.0 Å². The van der Waals surface area contributed by atoms with E-state index in [1.54, 1.807) is 38.1 Å². The Morgan fingerprint density at radius 3 is 2.63 bits per heavy atom. The van der Waals surface area contributed by atoms with Gasteiger partial charge in [-0.3, -0.25) is 9.36 Å². The summed E-state index contributed by atoms with van der Waals surface area (Å²) in [6.45, 7) is 3.49. The van der Waals surface area contributed by atoms with Crippen molar-refractivity contribution in [3.05, 3.63) is 95.6 Å². The van der Waals surface area contributed by atoms with Crippen molar-refractivity contribution in [1.29, 1.82) is 0 Å². The van der Waals surface area contributed by atoms with Gasteiger partial charge in [-0.1, -0.05) is 41.1 Å². The second-order valence-corrected chi connectivity index (χ2v) is 9.02. The van der Waals surface area contributed by atoms with Crippen LogP contribution in [0.25, 0.3) is 6.20 Å². The third kappa shape index (κ3) is 5.03. The second kappa shape index (κ2) is 9.71. The SMILES string of the molecule is CCOC(=O)C1=C(C)N=c2s/c(=C\Nc3cccc(C(F)(F)F)c3)c(=O)n2[C@H]1c1ccc(Cl)cc1. The zero-order valence-corrected chi connectivity index (χ0v) is 20.1. The first-order chi connectivity index (χ1) is 16.6. The first kappa shape index (κ1) is 24.7. The van der Waals surface area contributed by atoms with Gasteiger partial charge in [0.2, 0.25) is 0 Å². The van der Waals surface area contributed by atoms with Gasteiger partial charge < -0.3 is 10.1 Å². The fourth-order valence-corrected chi connectivity index (χ4v) is 4.78. The quantitative estimate of drug-likeness (QED) is 0.502. The number of hydrogen-bond donors (Lipinski definition) is 1. The number of nitrogens with one attached hydrogen (secondary N) is 1. The van der Waals surface area contributed by atoms with Crippen molar-refractivity contribution in [1.82, 2.24) is 4.57 Å². The summed E-state index contributed by atoms with van der Waals surface area (Å²) in [6.07, 6.45) is -3.15. The molecule has 0 aliphatic carbocycles. The van der Waals surface area contributed by atoms with Crippen LogP contribution in [-0.2, 0) is 15.7 Å². The number of alkyl halides is 3. The summed E-state index contributed by atoms with van der Waals surface area (Å²) in [4.78, 5) is 31.0. The van der Waals surface area contributed by atoms with E-state index >= 15 is 0 Å². The van der Waals surface area contributed by atoms with Gasteiger partial charge in [-0.2, -0.15) is 13.2 Å². The average molecular weight is 522 g/mol. The maximum absolute atomic E-state index is 13.4. The standard InChI is InChI=1S/C24H19ClF3N3O3S/c1-3-34-22(33)19-13(2)30-23-31(20(19)14-7-9-16(25)10-8-14)21(32)18(35-23)12-29-17-6-4-5-15(11-17)24(26,27)28/h4-12,20,29H,3H2,1-2H3/b18-12-/t20-/m0/s1. The van der Waals surface area contributed by atoms with Crippen LogP contribution in [0, 0.1) is 0 Å². The number of halogens is 4. The number of allylic oxidation sites excluding steroid dienone is 1. The van der Waals surface area contributed by atoms with Crippen molar-refractivity contribution >= 4 is 40.8 Å². The summed E-state index contributed by atoms with van der Waals surface area (Å²) < 4.78 is 45.9. The lowest BCUT2D eigenvalue weighted by Gasteiger charge is -2.24. The summed E-state index contributed by atoms with van der Waals surface area (Å²) in [5.74, 6) is -0.593. The molecule has 2 aromatic carbocycles. The number of aromatic nitrogens is 1. The van der Waals surface area contributed by atoms with E-state index in [2.05, 4.69) is 10.3 Å². The largest absolute Gasteiger partial charge is 0.463 e. The van der Waals surface area contributed by atoms with E-state index in [0.29, 0.717) is 21.1 Å². The maximum atomic E-state index is 13.4. The number of fused-ring (bicyclic) bond motifs is 1. The van der Waals surface area contributed by atoms with Gasteiger partial charge in [-0.25, -0.2) is 9.79 Å². The highest BCUT2D eigenvalue weighted by Gasteiger charge is 2.33. The molecule has 6 nitrogen and oxygen atoms in total. The molecule has 11 heteroatoms. The molecule has 0 bridgehead atoms. The molecule has 0 fully saturated rings. The molecule has 1 aliphatic rings. The zero-order valence-electron chi connectivity index (χ0n) is 18.5. The van der Waals surface area contributed by atoms with E-state index in [0.717, 1.165) is 23.5 Å². The van der Waals surface area contributed by atoms with Crippen molar-refractivity contribution in [2.75, 3.05) is 11.9 Å². The molecule has 3 aromatic rings. The van der Waals surface area contributed by atoms with Gasteiger partial charge in [0.25, 0.3) is 5.56 Å². The molecule has 1 aromatic heterocycles. The molecule has 1 N–H and O–H groups in total. The van der Waals surface area contributed by atoms with Crippen LogP contribution in [0.3, 0.4) is 0 Å². The van der Waals surface area contributed by atoms with Gasteiger partial charge in [-0.05, 0) is 49.7 Å². The highest BCUT2D eigenvalue weighted by atomic mass is 35.5. The highest BCUT2D eigenvalue weighted by molar-refractivity contribution is 7.07. The first-order valence-electron chi connectivity index (χ1n) is 10.5. The number of thiazole rings is 1. The molecular weight excluding hydrogens is 503 g/mol. The number of nitrogens with zero attached hydrogens (tertiary/aromatic N) is 2. The van der Waals surface area contributed by atoms with Crippen molar-refractivity contribution in [2.45, 2.75) is 26.1 Å². The van der Waals surface area contributed by atoms with E-state index < -0.39 is 29.3 Å². The Hall–Kier alpha value is -3.37. The van der Waals surface area contributed by atoms with Crippen LogP contribution in [0.2, 0.25) is 5.02 Å². The Morgan fingerprint density at radius 1 is 1.26 bits per heavy atom. The van der Waals surface area contributed by atoms with Crippen LogP contribution in [-0.4, -0.2) is 17.1 Å². The third-order valence-corrected chi connectivity index (χ3v) is 6.50. The van der Waals surface area contributed by atoms with Gasteiger partial charge in [0.05, 0.1) is 29.5 Å². The molecular formula is C24H19ClF3N3O3S. The third-order valence-electron chi connectivity index (χ3n) is 5.26. The van der Waals surface area contributed by atoms with Crippen molar-refractivity contribution in [2.24, 2.45) is 4.99 Å². The van der Waals surface area contributed by atoms with Crippen molar-refractivity contribution in [3.63, 3.8) is 0 Å². The molecule has 4 rings (SSSR count). The van der Waals surface area contributed by atoms with E-state index in [9.17, 15) is 22.8 Å². The number of benzene rings is 2.